The molecular weight excluding hydrogens is 240 g/mol. The molecule has 0 aliphatic carbocycles. The molecule has 4 heteroatoms. The van der Waals surface area contributed by atoms with Gasteiger partial charge in [-0.2, -0.15) is 0 Å². The molecule has 1 atom stereocenters. The third-order valence-corrected chi connectivity index (χ3v) is 4.19. The molecule has 1 aliphatic rings. The Balaban J connectivity index is 2.42. The summed E-state index contributed by atoms with van der Waals surface area (Å²) >= 11 is 0. The Morgan fingerprint density at radius 3 is 2.37 bits per heavy atom. The van der Waals surface area contributed by atoms with Crippen LogP contribution >= 0.6 is 0 Å². The van der Waals surface area contributed by atoms with Crippen LogP contribution in [0.5, 0.6) is 11.5 Å². The molecule has 0 aromatic heterocycles. The van der Waals surface area contributed by atoms with E-state index in [-0.39, 0.29) is 0 Å². The summed E-state index contributed by atoms with van der Waals surface area (Å²) in [4.78, 5) is 1.63. The van der Waals surface area contributed by atoms with Gasteiger partial charge in [-0.05, 0) is 26.0 Å². The zero-order valence-corrected chi connectivity index (χ0v) is 12.5. The topological polar surface area (TPSA) is 39.5 Å². The molecule has 4 nitrogen and oxygen atoms in total. The lowest BCUT2D eigenvalue weighted by Gasteiger charge is -2.30. The predicted molar refractivity (Wildman–Crippen MR) is 74.8 cm³/mol. The van der Waals surface area contributed by atoms with Crippen LogP contribution in [0.4, 0.5) is 0 Å². The van der Waals surface area contributed by atoms with Crippen LogP contribution in [0.25, 0.3) is 0 Å². The fourth-order valence-corrected chi connectivity index (χ4v) is 3.10. The van der Waals surface area contributed by atoms with E-state index in [0.29, 0.717) is 6.04 Å². The minimum absolute atomic E-state index is 0.554. The molecule has 2 rings (SSSR count). The molecule has 0 amide bonds. The van der Waals surface area contributed by atoms with Gasteiger partial charge in [-0.1, -0.05) is 0 Å². The number of nitrogens with one attached hydrogen (secondary N) is 1. The van der Waals surface area contributed by atoms with Crippen molar-refractivity contribution >= 4 is 0 Å². The van der Waals surface area contributed by atoms with Crippen molar-refractivity contribution in [2.45, 2.75) is 26.4 Å². The smallest absolute Gasteiger partial charge is 0.163 e. The first-order valence-corrected chi connectivity index (χ1v) is 7.16. The molecule has 0 unspecified atom stereocenters. The van der Waals surface area contributed by atoms with E-state index in [1.807, 2.05) is 0 Å². The molecule has 1 aromatic rings. The Hall–Kier alpha value is -1.26. The molecule has 106 valence electrons. The Kier molecular flexibility index (Phi) is 4.66. The minimum atomic E-state index is 0.554. The third kappa shape index (κ3) is 2.69. The maximum absolute atomic E-state index is 5.45. The quantitative estimate of drug-likeness (QED) is 0.771. The standard InChI is InChI=1S/C15H24N2O2/c1-5-17(6-2)13-10-16-9-11-7-14(18-3)15(19-4)8-12(11)13/h7-8,13,16H,5-6,9-10H2,1-4H3/p+2/t13-/m1/s1. The van der Waals surface area contributed by atoms with Crippen LogP contribution in [-0.2, 0) is 6.54 Å². The lowest BCUT2D eigenvalue weighted by molar-refractivity contribution is -0.945. The van der Waals surface area contributed by atoms with Crippen LogP contribution in [-0.4, -0.2) is 33.9 Å². The van der Waals surface area contributed by atoms with Crippen molar-refractivity contribution in [1.29, 1.82) is 0 Å². The van der Waals surface area contributed by atoms with E-state index in [0.717, 1.165) is 37.7 Å². The summed E-state index contributed by atoms with van der Waals surface area (Å²) < 4.78 is 10.9. The van der Waals surface area contributed by atoms with Gasteiger partial charge in [-0.3, -0.25) is 0 Å². The van der Waals surface area contributed by atoms with Gasteiger partial charge in [0.15, 0.2) is 17.5 Å². The van der Waals surface area contributed by atoms with E-state index < -0.39 is 0 Å². The largest absolute Gasteiger partial charge is 0.493 e. The van der Waals surface area contributed by atoms with Crippen LogP contribution in [0.1, 0.15) is 31.0 Å². The number of likely N-dealkylation sites (N-methyl/N-ethyl adjacent to an activating group) is 1. The molecule has 1 aliphatic heterocycles. The maximum Gasteiger partial charge on any atom is 0.163 e. The molecule has 0 spiro atoms. The van der Waals surface area contributed by atoms with Crippen LogP contribution in [0, 0.1) is 0 Å². The second kappa shape index (κ2) is 6.26. The average molecular weight is 266 g/mol. The van der Waals surface area contributed by atoms with Crippen molar-refractivity contribution in [3.8, 4) is 11.5 Å². The Morgan fingerprint density at radius 2 is 1.79 bits per heavy atom. The van der Waals surface area contributed by atoms with E-state index in [1.54, 1.807) is 19.1 Å². The maximum atomic E-state index is 5.45. The van der Waals surface area contributed by atoms with Gasteiger partial charge in [0.1, 0.15) is 13.1 Å². The van der Waals surface area contributed by atoms with Crippen molar-refractivity contribution in [2.24, 2.45) is 0 Å². The molecule has 0 saturated carbocycles. The summed E-state index contributed by atoms with van der Waals surface area (Å²) in [5.41, 5.74) is 2.81. The predicted octanol–water partition coefficient (Wildman–Crippen LogP) is -0.253. The van der Waals surface area contributed by atoms with Gasteiger partial charge < -0.3 is 19.7 Å². The molecule has 0 saturated heterocycles. The first-order chi connectivity index (χ1) is 9.24. The molecule has 0 fully saturated rings. The monoisotopic (exact) mass is 266 g/mol. The Bertz CT molecular complexity index is 430. The molecular formula is C15H26N2O2+2. The van der Waals surface area contributed by atoms with Gasteiger partial charge in [-0.15, -0.1) is 0 Å². The number of rotatable bonds is 5. The van der Waals surface area contributed by atoms with Crippen molar-refractivity contribution in [3.05, 3.63) is 23.3 Å². The van der Waals surface area contributed by atoms with Crippen LogP contribution in [0.2, 0.25) is 0 Å². The fourth-order valence-electron chi connectivity index (χ4n) is 3.10. The zero-order chi connectivity index (χ0) is 13.8. The zero-order valence-electron chi connectivity index (χ0n) is 12.5. The normalized spacial score (nSPS) is 18.3. The molecule has 1 aromatic carbocycles. The van der Waals surface area contributed by atoms with Gasteiger partial charge >= 0.3 is 0 Å². The van der Waals surface area contributed by atoms with Crippen molar-refractivity contribution < 1.29 is 19.7 Å². The van der Waals surface area contributed by atoms with E-state index in [1.165, 1.54) is 11.1 Å². The number of methoxy groups -OCH3 is 2. The summed E-state index contributed by atoms with van der Waals surface area (Å²) in [6.07, 6.45) is 0. The second-order valence-electron chi connectivity index (χ2n) is 5.05. The Morgan fingerprint density at radius 1 is 1.16 bits per heavy atom. The summed E-state index contributed by atoms with van der Waals surface area (Å²) in [5, 5.41) is 2.39. The molecule has 1 heterocycles. The van der Waals surface area contributed by atoms with E-state index >= 15 is 0 Å². The van der Waals surface area contributed by atoms with Crippen molar-refractivity contribution in [1.82, 2.24) is 0 Å². The Labute approximate surface area is 115 Å². The molecule has 19 heavy (non-hydrogen) atoms. The highest BCUT2D eigenvalue weighted by atomic mass is 16.5. The third-order valence-electron chi connectivity index (χ3n) is 4.19. The van der Waals surface area contributed by atoms with Gasteiger partial charge in [-0.25, -0.2) is 0 Å². The van der Waals surface area contributed by atoms with E-state index in [9.17, 15) is 0 Å². The molecule has 0 radical (unpaired) electrons. The first-order valence-electron chi connectivity index (χ1n) is 7.16. The SMILES string of the molecule is CC[NH+](CC)[C@@H]1C[NH2+]Cc2cc(OC)c(OC)cc21. The highest BCUT2D eigenvalue weighted by molar-refractivity contribution is 5.48. The summed E-state index contributed by atoms with van der Waals surface area (Å²) in [6.45, 7) is 9.01. The number of nitrogens with two attached hydrogens (primary N) is 1. The second-order valence-corrected chi connectivity index (χ2v) is 5.05. The van der Waals surface area contributed by atoms with Gasteiger partial charge in [0, 0.05) is 11.1 Å². The summed E-state index contributed by atoms with van der Waals surface area (Å²) in [6, 6.07) is 4.87. The number of fused-ring (bicyclic) bond motifs is 1. The number of hydrogen-bond acceptors (Lipinski definition) is 2. The highest BCUT2D eigenvalue weighted by Gasteiger charge is 2.31. The number of benzene rings is 1. The number of quaternary nitrogens is 2. The lowest BCUT2D eigenvalue weighted by Crippen LogP contribution is -3.14. The minimum Gasteiger partial charge on any atom is -0.493 e. The first kappa shape index (κ1) is 14.2. The molecule has 0 bridgehead atoms. The van der Waals surface area contributed by atoms with Gasteiger partial charge in [0.05, 0.1) is 27.3 Å². The van der Waals surface area contributed by atoms with Crippen LogP contribution < -0.4 is 19.7 Å². The lowest BCUT2D eigenvalue weighted by atomic mass is 9.94. The summed E-state index contributed by atoms with van der Waals surface area (Å²) in [7, 11) is 3.41. The fraction of sp³-hybridized carbons (Fsp3) is 0.600. The van der Waals surface area contributed by atoms with Crippen LogP contribution in [0.15, 0.2) is 12.1 Å². The average Bonchev–Trinajstić information content (AvgIpc) is 2.47. The van der Waals surface area contributed by atoms with Gasteiger partial charge in [0.2, 0.25) is 0 Å². The number of hydrogen-bond donors (Lipinski definition) is 2. The van der Waals surface area contributed by atoms with Gasteiger partial charge in [0.25, 0.3) is 0 Å². The van der Waals surface area contributed by atoms with Crippen LogP contribution in [0.3, 0.4) is 0 Å². The van der Waals surface area contributed by atoms with E-state index in [2.05, 4.69) is 31.3 Å². The molecule has 3 N–H and O–H groups in total. The summed E-state index contributed by atoms with van der Waals surface area (Å²) in [5.74, 6) is 1.68. The van der Waals surface area contributed by atoms with Crippen molar-refractivity contribution in [2.75, 3.05) is 33.9 Å². The van der Waals surface area contributed by atoms with E-state index in [4.69, 9.17) is 9.47 Å². The number of ether oxygens (including phenoxy) is 2. The van der Waals surface area contributed by atoms with Crippen molar-refractivity contribution in [3.63, 3.8) is 0 Å². The highest BCUT2D eigenvalue weighted by Crippen LogP contribution is 2.33.